The molecule has 10 heteroatoms. The third-order valence-corrected chi connectivity index (χ3v) is 4.68. The van der Waals surface area contributed by atoms with E-state index in [1.807, 2.05) is 0 Å². The number of halogens is 4. The maximum Gasteiger partial charge on any atom is 0.416 e. The van der Waals surface area contributed by atoms with Crippen molar-refractivity contribution in [2.45, 2.75) is 39.0 Å². The van der Waals surface area contributed by atoms with Gasteiger partial charge in [-0.15, -0.1) is 0 Å². The van der Waals surface area contributed by atoms with Crippen molar-refractivity contribution in [3.63, 3.8) is 0 Å². The van der Waals surface area contributed by atoms with Gasteiger partial charge in [-0.3, -0.25) is 14.2 Å². The number of carbonyl (C=O) groups is 1. The van der Waals surface area contributed by atoms with Crippen molar-refractivity contribution in [1.82, 2.24) is 19.6 Å². The van der Waals surface area contributed by atoms with Gasteiger partial charge < -0.3 is 5.32 Å². The molecule has 1 amide bonds. The van der Waals surface area contributed by atoms with Crippen LogP contribution >= 0.6 is 11.6 Å². The number of carbonyl (C=O) groups excluding carboxylic acids is 1. The van der Waals surface area contributed by atoms with Gasteiger partial charge in [-0.1, -0.05) is 23.7 Å². The number of alkyl halides is 3. The van der Waals surface area contributed by atoms with Crippen LogP contribution in [0.1, 0.15) is 30.7 Å². The van der Waals surface area contributed by atoms with E-state index in [1.54, 1.807) is 39.1 Å². The van der Waals surface area contributed by atoms with Crippen LogP contribution in [-0.4, -0.2) is 25.5 Å². The summed E-state index contributed by atoms with van der Waals surface area (Å²) in [7, 11) is 0. The fourth-order valence-electron chi connectivity index (χ4n) is 2.73. The van der Waals surface area contributed by atoms with Crippen molar-refractivity contribution in [1.29, 1.82) is 0 Å². The van der Waals surface area contributed by atoms with E-state index in [9.17, 15) is 18.0 Å². The maximum atomic E-state index is 12.9. The smallest absolute Gasteiger partial charge is 0.307 e. The summed E-state index contributed by atoms with van der Waals surface area (Å²) >= 11 is 5.87. The highest BCUT2D eigenvalue weighted by molar-refractivity contribution is 6.30. The van der Waals surface area contributed by atoms with Gasteiger partial charge in [-0.05, 0) is 38.5 Å². The number of aromatic nitrogens is 4. The topological polar surface area (TPSA) is 64.7 Å². The summed E-state index contributed by atoms with van der Waals surface area (Å²) in [4.78, 5) is 12.7. The minimum atomic E-state index is -4.41. The number of aryl methyl sites for hydroxylation is 1. The second kappa shape index (κ2) is 7.55. The molecule has 3 aromatic rings. The zero-order valence-electron chi connectivity index (χ0n) is 16.0. The molecular weight excluding hydrogens is 407 g/mol. The van der Waals surface area contributed by atoms with E-state index in [0.717, 1.165) is 12.1 Å². The number of hydrogen-bond acceptors (Lipinski definition) is 3. The van der Waals surface area contributed by atoms with E-state index in [1.165, 1.54) is 21.6 Å². The molecule has 0 aliphatic carbocycles. The number of benzene rings is 1. The number of anilines is 1. The lowest BCUT2D eigenvalue weighted by molar-refractivity contribution is -0.137. The molecule has 0 unspecified atom stereocenters. The average molecular weight is 426 g/mol. The van der Waals surface area contributed by atoms with E-state index in [-0.39, 0.29) is 12.5 Å². The molecule has 0 aliphatic heterocycles. The Hall–Kier alpha value is -2.81. The minimum absolute atomic E-state index is 0.143. The Morgan fingerprint density at radius 1 is 1.24 bits per heavy atom. The predicted molar refractivity (Wildman–Crippen MR) is 103 cm³/mol. The quantitative estimate of drug-likeness (QED) is 0.655. The number of nitrogens with one attached hydrogen (secondary N) is 1. The van der Waals surface area contributed by atoms with Gasteiger partial charge in [0, 0.05) is 18.0 Å². The number of nitrogens with zero attached hydrogens (tertiary/aromatic N) is 4. The molecule has 0 bridgehead atoms. The van der Waals surface area contributed by atoms with Crippen LogP contribution < -0.4 is 5.32 Å². The van der Waals surface area contributed by atoms with Gasteiger partial charge in [0.1, 0.15) is 5.54 Å². The molecule has 1 N–H and O–H groups in total. The molecule has 0 aliphatic rings. The fourth-order valence-corrected chi connectivity index (χ4v) is 2.87. The first-order valence-corrected chi connectivity index (χ1v) is 9.07. The standard InChI is InChI=1S/C19H19ClF3N5O/c1-12-7-16(25-17(29)18(2,3)28-11-15(20)9-24-28)26-27(12)10-13-5-4-6-14(8-13)19(21,22)23/h4-9,11H,10H2,1-3H3,(H,25,26,29). The van der Waals surface area contributed by atoms with Crippen LogP contribution in [0.2, 0.25) is 5.02 Å². The Morgan fingerprint density at radius 3 is 2.59 bits per heavy atom. The normalized spacial score (nSPS) is 12.2. The van der Waals surface area contributed by atoms with Crippen LogP contribution in [0, 0.1) is 6.92 Å². The summed E-state index contributed by atoms with van der Waals surface area (Å²) in [6.07, 6.45) is -1.43. The first kappa shape index (κ1) is 20.9. The van der Waals surface area contributed by atoms with Crippen molar-refractivity contribution in [2.24, 2.45) is 0 Å². The third-order valence-electron chi connectivity index (χ3n) is 4.49. The summed E-state index contributed by atoms with van der Waals surface area (Å²) in [5.74, 6) is -0.0632. The molecule has 2 aromatic heterocycles. The summed E-state index contributed by atoms with van der Waals surface area (Å²) in [5, 5.41) is 11.5. The molecule has 1 aromatic carbocycles. The lowest BCUT2D eigenvalue weighted by atomic mass is 10.1. The summed E-state index contributed by atoms with van der Waals surface area (Å²) in [6.45, 7) is 5.26. The van der Waals surface area contributed by atoms with Gasteiger partial charge in [-0.25, -0.2) is 0 Å². The number of amides is 1. The minimum Gasteiger partial charge on any atom is -0.307 e. The Morgan fingerprint density at radius 2 is 1.97 bits per heavy atom. The lowest BCUT2D eigenvalue weighted by Gasteiger charge is -2.23. The highest BCUT2D eigenvalue weighted by Crippen LogP contribution is 2.29. The number of hydrogen-bond donors (Lipinski definition) is 1. The van der Waals surface area contributed by atoms with E-state index in [4.69, 9.17) is 11.6 Å². The SMILES string of the molecule is Cc1cc(NC(=O)C(C)(C)n2cc(Cl)cn2)nn1Cc1cccc(C(F)(F)F)c1. The third kappa shape index (κ3) is 4.61. The first-order chi connectivity index (χ1) is 13.5. The van der Waals surface area contributed by atoms with Crippen LogP contribution in [0.25, 0.3) is 0 Å². The van der Waals surface area contributed by atoms with Crippen molar-refractivity contribution in [3.8, 4) is 0 Å². The first-order valence-electron chi connectivity index (χ1n) is 8.69. The second-order valence-electron chi connectivity index (χ2n) is 7.14. The molecule has 0 fully saturated rings. The molecule has 6 nitrogen and oxygen atoms in total. The Kier molecular flexibility index (Phi) is 5.44. The van der Waals surface area contributed by atoms with Gasteiger partial charge in [0.25, 0.3) is 5.91 Å². The zero-order valence-corrected chi connectivity index (χ0v) is 16.7. The second-order valence-corrected chi connectivity index (χ2v) is 7.58. The summed E-state index contributed by atoms with van der Waals surface area (Å²) < 4.78 is 41.7. The molecule has 0 saturated carbocycles. The van der Waals surface area contributed by atoms with E-state index >= 15 is 0 Å². The maximum absolute atomic E-state index is 12.9. The zero-order chi connectivity index (χ0) is 21.4. The summed E-state index contributed by atoms with van der Waals surface area (Å²) in [5.41, 5.74) is -0.590. The Balaban J connectivity index is 1.76. The highest BCUT2D eigenvalue weighted by Gasteiger charge is 2.32. The van der Waals surface area contributed by atoms with Crippen molar-refractivity contribution in [2.75, 3.05) is 5.32 Å². The van der Waals surface area contributed by atoms with Gasteiger partial charge in [0.05, 0.1) is 23.3 Å². The molecule has 154 valence electrons. The summed E-state index contributed by atoms with van der Waals surface area (Å²) in [6, 6.07) is 6.72. The van der Waals surface area contributed by atoms with Crippen LogP contribution in [0.3, 0.4) is 0 Å². The molecule has 0 atom stereocenters. The van der Waals surface area contributed by atoms with Crippen LogP contribution in [-0.2, 0) is 23.1 Å². The predicted octanol–water partition coefficient (Wildman–Crippen LogP) is 4.48. The molecule has 2 heterocycles. The van der Waals surface area contributed by atoms with Gasteiger partial charge in [-0.2, -0.15) is 23.4 Å². The molecule has 29 heavy (non-hydrogen) atoms. The van der Waals surface area contributed by atoms with Crippen molar-refractivity contribution in [3.05, 3.63) is 64.6 Å². The van der Waals surface area contributed by atoms with Crippen LogP contribution in [0.15, 0.2) is 42.7 Å². The van der Waals surface area contributed by atoms with E-state index in [2.05, 4.69) is 15.5 Å². The molecule has 3 rings (SSSR count). The molecule has 0 radical (unpaired) electrons. The Bertz CT molecular complexity index is 1040. The van der Waals surface area contributed by atoms with Crippen molar-refractivity contribution < 1.29 is 18.0 Å². The van der Waals surface area contributed by atoms with E-state index in [0.29, 0.717) is 22.1 Å². The van der Waals surface area contributed by atoms with Gasteiger partial charge in [0.15, 0.2) is 5.82 Å². The van der Waals surface area contributed by atoms with Gasteiger partial charge in [0.2, 0.25) is 0 Å². The number of rotatable bonds is 5. The van der Waals surface area contributed by atoms with Crippen molar-refractivity contribution >= 4 is 23.3 Å². The largest absolute Gasteiger partial charge is 0.416 e. The van der Waals surface area contributed by atoms with E-state index < -0.39 is 17.3 Å². The lowest BCUT2D eigenvalue weighted by Crippen LogP contribution is -2.40. The van der Waals surface area contributed by atoms with Crippen LogP contribution in [0.4, 0.5) is 19.0 Å². The molecular formula is C19H19ClF3N5O. The Labute approximate surface area is 170 Å². The average Bonchev–Trinajstić information content (AvgIpc) is 3.21. The van der Waals surface area contributed by atoms with Gasteiger partial charge >= 0.3 is 6.18 Å². The molecule has 0 saturated heterocycles. The fraction of sp³-hybridized carbons (Fsp3) is 0.316. The highest BCUT2D eigenvalue weighted by atomic mass is 35.5. The molecule has 0 spiro atoms. The van der Waals surface area contributed by atoms with Crippen LogP contribution in [0.5, 0.6) is 0 Å². The monoisotopic (exact) mass is 425 g/mol.